The van der Waals surface area contributed by atoms with Gasteiger partial charge < -0.3 is 10.2 Å². The molecule has 2 amide bonds. The summed E-state index contributed by atoms with van der Waals surface area (Å²) in [6.45, 7) is 5.88. The van der Waals surface area contributed by atoms with Crippen LogP contribution in [0, 0.1) is 30.5 Å². The van der Waals surface area contributed by atoms with Crippen molar-refractivity contribution in [3.05, 3.63) is 75.9 Å². The van der Waals surface area contributed by atoms with E-state index in [2.05, 4.69) is 27.2 Å². The number of likely N-dealkylation sites (tertiary alicyclic amines) is 1. The van der Waals surface area contributed by atoms with E-state index in [4.69, 9.17) is 11.6 Å². The molecule has 2 aromatic heterocycles. The minimum atomic E-state index is -1.63. The highest BCUT2D eigenvalue weighted by Crippen LogP contribution is 2.30. The van der Waals surface area contributed by atoms with Crippen molar-refractivity contribution >= 4 is 29.2 Å². The van der Waals surface area contributed by atoms with Crippen molar-refractivity contribution in [2.24, 2.45) is 5.92 Å². The number of anilines is 1. The van der Waals surface area contributed by atoms with Gasteiger partial charge in [0.1, 0.15) is 23.0 Å². The third-order valence-corrected chi connectivity index (χ3v) is 6.69. The summed E-state index contributed by atoms with van der Waals surface area (Å²) in [4.78, 5) is 31.3. The normalized spacial score (nSPS) is 14.7. The zero-order valence-electron chi connectivity index (χ0n) is 21.4. The van der Waals surface area contributed by atoms with Gasteiger partial charge in [0.2, 0.25) is 5.91 Å². The number of pyridine rings is 1. The molecule has 0 bridgehead atoms. The van der Waals surface area contributed by atoms with E-state index >= 15 is 4.39 Å². The van der Waals surface area contributed by atoms with Crippen LogP contribution in [-0.4, -0.2) is 50.2 Å². The minimum absolute atomic E-state index is 0.00424. The SMILES string of the molecule is Cc1cc(C#Cc2ccc(F)cc2)cnc1NC(=O)c1c(Cl)cnn1CC1(F)CCN(C(=O)C(C)C)CC1. The number of carbonyl (C=O) groups is 2. The summed E-state index contributed by atoms with van der Waals surface area (Å²) in [5, 5.41) is 6.96. The van der Waals surface area contributed by atoms with E-state index in [1.54, 1.807) is 30.0 Å². The van der Waals surface area contributed by atoms with E-state index in [-0.39, 0.29) is 47.7 Å². The second-order valence-electron chi connectivity index (χ2n) is 9.73. The summed E-state index contributed by atoms with van der Waals surface area (Å²) in [6, 6.07) is 7.61. The standard InChI is InChI=1S/C28H28ClF2N5O2/c1-18(2)27(38)35-12-10-28(31,11-13-35)17-36-24(23(29)16-33-36)26(37)34-25-19(3)14-21(15-32-25)5-4-20-6-8-22(30)9-7-20/h6-9,14-16,18H,10-13,17H2,1-3H3,(H,32,34,37). The summed E-state index contributed by atoms with van der Waals surface area (Å²) >= 11 is 6.26. The van der Waals surface area contributed by atoms with E-state index in [1.807, 2.05) is 13.8 Å². The van der Waals surface area contributed by atoms with Gasteiger partial charge in [-0.05, 0) is 42.8 Å². The van der Waals surface area contributed by atoms with Crippen LogP contribution < -0.4 is 5.32 Å². The number of carbonyl (C=O) groups excluding carboxylic acids is 2. The van der Waals surface area contributed by atoms with Crippen molar-refractivity contribution in [3.8, 4) is 11.8 Å². The number of aryl methyl sites for hydroxylation is 1. The highest BCUT2D eigenvalue weighted by atomic mass is 35.5. The first kappa shape index (κ1) is 27.3. The first-order chi connectivity index (χ1) is 18.0. The molecule has 0 radical (unpaired) electrons. The van der Waals surface area contributed by atoms with Gasteiger partial charge in [-0.3, -0.25) is 14.3 Å². The van der Waals surface area contributed by atoms with Crippen LogP contribution in [0.15, 0.2) is 42.7 Å². The molecule has 3 heterocycles. The molecule has 38 heavy (non-hydrogen) atoms. The molecule has 1 aliphatic rings. The number of amides is 2. The predicted octanol–water partition coefficient (Wildman–Crippen LogP) is 5.02. The first-order valence-corrected chi connectivity index (χ1v) is 12.7. The molecule has 10 heteroatoms. The van der Waals surface area contributed by atoms with Gasteiger partial charge in [-0.15, -0.1) is 0 Å². The average molecular weight is 540 g/mol. The maximum Gasteiger partial charge on any atom is 0.276 e. The lowest BCUT2D eigenvalue weighted by molar-refractivity contribution is -0.137. The van der Waals surface area contributed by atoms with Crippen molar-refractivity contribution in [3.63, 3.8) is 0 Å². The van der Waals surface area contributed by atoms with Crippen molar-refractivity contribution < 1.29 is 18.4 Å². The topological polar surface area (TPSA) is 80.1 Å². The van der Waals surface area contributed by atoms with Gasteiger partial charge in [-0.25, -0.2) is 13.8 Å². The van der Waals surface area contributed by atoms with Crippen molar-refractivity contribution in [2.45, 2.75) is 45.8 Å². The Morgan fingerprint density at radius 3 is 2.42 bits per heavy atom. The number of nitrogens with one attached hydrogen (secondary N) is 1. The summed E-state index contributed by atoms with van der Waals surface area (Å²) < 4.78 is 30.0. The minimum Gasteiger partial charge on any atom is -0.342 e. The molecule has 1 N–H and O–H groups in total. The highest BCUT2D eigenvalue weighted by Gasteiger charge is 2.38. The van der Waals surface area contributed by atoms with Crippen LogP contribution in [0.5, 0.6) is 0 Å². The molecule has 0 unspecified atom stereocenters. The number of hydrogen-bond acceptors (Lipinski definition) is 4. The molecule has 7 nitrogen and oxygen atoms in total. The van der Waals surface area contributed by atoms with E-state index in [9.17, 15) is 14.0 Å². The Morgan fingerprint density at radius 2 is 1.79 bits per heavy atom. The molecule has 0 spiro atoms. The Labute approximate surface area is 225 Å². The van der Waals surface area contributed by atoms with E-state index < -0.39 is 11.6 Å². The molecule has 0 saturated carbocycles. The smallest absolute Gasteiger partial charge is 0.276 e. The number of alkyl halides is 1. The van der Waals surface area contributed by atoms with E-state index in [0.29, 0.717) is 35.6 Å². The highest BCUT2D eigenvalue weighted by molar-refractivity contribution is 6.34. The van der Waals surface area contributed by atoms with Gasteiger partial charge in [-0.2, -0.15) is 5.10 Å². The van der Waals surface area contributed by atoms with Crippen LogP contribution in [0.1, 0.15) is 53.9 Å². The second kappa shape index (κ2) is 11.3. The van der Waals surface area contributed by atoms with Gasteiger partial charge in [0.25, 0.3) is 5.91 Å². The fourth-order valence-electron chi connectivity index (χ4n) is 4.25. The van der Waals surface area contributed by atoms with Gasteiger partial charge >= 0.3 is 0 Å². The lowest BCUT2D eigenvalue weighted by Crippen LogP contribution is -2.47. The number of piperidine rings is 1. The number of hydrogen-bond donors (Lipinski definition) is 1. The van der Waals surface area contributed by atoms with E-state index in [0.717, 1.165) is 0 Å². The number of halogens is 3. The molecule has 198 valence electrons. The number of aromatic nitrogens is 3. The summed E-state index contributed by atoms with van der Waals surface area (Å²) in [5.41, 5.74) is 0.347. The molecule has 1 fully saturated rings. The molecule has 1 aliphatic heterocycles. The zero-order chi connectivity index (χ0) is 27.4. The monoisotopic (exact) mass is 539 g/mol. The third kappa shape index (κ3) is 6.37. The largest absolute Gasteiger partial charge is 0.342 e. The summed E-state index contributed by atoms with van der Waals surface area (Å²) in [6.07, 6.45) is 3.11. The van der Waals surface area contributed by atoms with Crippen LogP contribution in [-0.2, 0) is 11.3 Å². The lowest BCUT2D eigenvalue weighted by Gasteiger charge is -2.37. The first-order valence-electron chi connectivity index (χ1n) is 12.3. The van der Waals surface area contributed by atoms with Crippen molar-refractivity contribution in [1.29, 1.82) is 0 Å². The van der Waals surface area contributed by atoms with E-state index in [1.165, 1.54) is 29.2 Å². The fourth-order valence-corrected chi connectivity index (χ4v) is 4.47. The molecule has 4 rings (SSSR count). The van der Waals surface area contributed by atoms with Crippen molar-refractivity contribution in [2.75, 3.05) is 18.4 Å². The van der Waals surface area contributed by atoms with Crippen LogP contribution in [0.2, 0.25) is 5.02 Å². The Balaban J connectivity index is 1.44. The zero-order valence-corrected chi connectivity index (χ0v) is 22.1. The Morgan fingerprint density at radius 1 is 1.13 bits per heavy atom. The van der Waals surface area contributed by atoms with Crippen molar-refractivity contribution in [1.82, 2.24) is 19.7 Å². The summed E-state index contributed by atoms with van der Waals surface area (Å²) in [7, 11) is 0. The lowest BCUT2D eigenvalue weighted by atomic mass is 9.92. The van der Waals surface area contributed by atoms with Crippen LogP contribution in [0.25, 0.3) is 0 Å². The molecule has 0 atom stereocenters. The Hall–Kier alpha value is -3.77. The van der Waals surface area contributed by atoms with Gasteiger partial charge in [0, 0.05) is 49.2 Å². The quantitative estimate of drug-likeness (QED) is 0.462. The average Bonchev–Trinajstić information content (AvgIpc) is 3.24. The molecular weight excluding hydrogens is 512 g/mol. The predicted molar refractivity (Wildman–Crippen MR) is 141 cm³/mol. The molecule has 1 saturated heterocycles. The number of rotatable bonds is 5. The Kier molecular flexibility index (Phi) is 8.12. The van der Waals surface area contributed by atoms with Crippen LogP contribution >= 0.6 is 11.6 Å². The van der Waals surface area contributed by atoms with Gasteiger partial charge in [0.15, 0.2) is 0 Å². The summed E-state index contributed by atoms with van der Waals surface area (Å²) in [5.74, 6) is 5.17. The molecule has 1 aromatic carbocycles. The van der Waals surface area contributed by atoms with Crippen LogP contribution in [0.3, 0.4) is 0 Å². The Bertz CT molecular complexity index is 1400. The molecule has 3 aromatic rings. The number of nitrogens with zero attached hydrogens (tertiary/aromatic N) is 4. The van der Waals surface area contributed by atoms with Crippen LogP contribution in [0.4, 0.5) is 14.6 Å². The fraction of sp³-hybridized carbons (Fsp3) is 0.357. The van der Waals surface area contributed by atoms with Gasteiger partial charge in [0.05, 0.1) is 17.8 Å². The number of benzene rings is 1. The molecule has 0 aliphatic carbocycles. The maximum absolute atomic E-state index is 15.7. The van der Waals surface area contributed by atoms with Gasteiger partial charge in [-0.1, -0.05) is 37.3 Å². The maximum atomic E-state index is 15.7. The second-order valence-corrected chi connectivity index (χ2v) is 10.1. The molecular formula is C28H28ClF2N5O2. The third-order valence-electron chi connectivity index (χ3n) is 6.41.